The van der Waals surface area contributed by atoms with Gasteiger partial charge in [-0.2, -0.15) is 5.26 Å². The van der Waals surface area contributed by atoms with Crippen molar-refractivity contribution < 1.29 is 0 Å². The van der Waals surface area contributed by atoms with E-state index in [-0.39, 0.29) is 0 Å². The zero-order chi connectivity index (χ0) is 9.26. The van der Waals surface area contributed by atoms with Crippen LogP contribution in [-0.2, 0) is 0 Å². The van der Waals surface area contributed by atoms with Gasteiger partial charge in [0.05, 0.1) is 10.2 Å². The number of anilines is 1. The molecule has 0 amide bonds. The maximum atomic E-state index is 8.42. The lowest BCUT2D eigenvalue weighted by Crippen LogP contribution is -1.84. The first-order valence-electron chi connectivity index (χ1n) is 3.82. The van der Waals surface area contributed by atoms with E-state index in [1.54, 1.807) is 0 Å². The van der Waals surface area contributed by atoms with Gasteiger partial charge in [0.1, 0.15) is 0 Å². The number of nitriles is 1. The third kappa shape index (κ3) is 1.34. The van der Waals surface area contributed by atoms with Crippen molar-refractivity contribution in [3.8, 4) is 6.19 Å². The van der Waals surface area contributed by atoms with E-state index in [0.29, 0.717) is 5.13 Å². The van der Waals surface area contributed by atoms with Gasteiger partial charge < -0.3 is 0 Å². The number of fused-ring (bicyclic) bond motifs is 1. The van der Waals surface area contributed by atoms with Crippen molar-refractivity contribution in [3.63, 3.8) is 0 Å². The van der Waals surface area contributed by atoms with Crippen molar-refractivity contribution in [2.24, 2.45) is 0 Å². The number of benzene rings is 1. The molecule has 1 N–H and O–H groups in total. The summed E-state index contributed by atoms with van der Waals surface area (Å²) in [5.41, 5.74) is 2.12. The maximum Gasteiger partial charge on any atom is 0.197 e. The zero-order valence-electron chi connectivity index (χ0n) is 7.03. The molecule has 0 fully saturated rings. The van der Waals surface area contributed by atoms with E-state index in [1.807, 2.05) is 31.3 Å². The monoisotopic (exact) mass is 189 g/mol. The highest BCUT2D eigenvalue weighted by Crippen LogP contribution is 2.27. The Bertz CT molecular complexity index is 481. The Morgan fingerprint density at radius 3 is 3.08 bits per heavy atom. The molecular formula is C9H7N3S. The number of rotatable bonds is 1. The number of nitrogens with one attached hydrogen (secondary N) is 1. The van der Waals surface area contributed by atoms with Crippen molar-refractivity contribution in [1.82, 2.24) is 4.98 Å². The topological polar surface area (TPSA) is 48.7 Å². The summed E-state index contributed by atoms with van der Waals surface area (Å²) in [6.45, 7) is 2.01. The summed E-state index contributed by atoms with van der Waals surface area (Å²) >= 11 is 1.49. The third-order valence-electron chi connectivity index (χ3n) is 1.78. The van der Waals surface area contributed by atoms with Crippen molar-refractivity contribution in [2.75, 3.05) is 5.32 Å². The van der Waals surface area contributed by atoms with Crippen molar-refractivity contribution >= 4 is 26.7 Å². The van der Waals surface area contributed by atoms with Crippen LogP contribution in [0.15, 0.2) is 18.2 Å². The lowest BCUT2D eigenvalue weighted by molar-refractivity contribution is 1.39. The molecular weight excluding hydrogens is 182 g/mol. The molecule has 1 aromatic heterocycles. The summed E-state index contributed by atoms with van der Waals surface area (Å²) in [6, 6.07) is 6.01. The summed E-state index contributed by atoms with van der Waals surface area (Å²) in [4.78, 5) is 4.29. The van der Waals surface area contributed by atoms with Crippen LogP contribution in [0.4, 0.5) is 5.13 Å². The Balaban J connectivity index is 2.63. The van der Waals surface area contributed by atoms with Gasteiger partial charge in [-0.25, -0.2) is 4.98 Å². The molecule has 13 heavy (non-hydrogen) atoms. The fourth-order valence-corrected chi connectivity index (χ4v) is 2.08. The van der Waals surface area contributed by atoms with Crippen molar-refractivity contribution in [1.29, 1.82) is 5.26 Å². The van der Waals surface area contributed by atoms with Crippen LogP contribution in [0.5, 0.6) is 0 Å². The Labute approximate surface area is 79.6 Å². The number of aryl methyl sites for hydroxylation is 1. The Hall–Kier alpha value is -1.60. The van der Waals surface area contributed by atoms with E-state index in [0.717, 1.165) is 15.8 Å². The molecule has 3 nitrogen and oxygen atoms in total. The highest BCUT2D eigenvalue weighted by atomic mass is 32.1. The minimum Gasteiger partial charge on any atom is -0.268 e. The molecule has 0 aliphatic heterocycles. The summed E-state index contributed by atoms with van der Waals surface area (Å²) in [5.74, 6) is 0. The average Bonchev–Trinajstić information content (AvgIpc) is 2.49. The molecule has 1 heterocycles. The molecule has 64 valence electrons. The lowest BCUT2D eigenvalue weighted by Gasteiger charge is -1.90. The number of para-hydroxylation sites is 1. The summed E-state index contributed by atoms with van der Waals surface area (Å²) in [5, 5.41) is 11.6. The first-order chi connectivity index (χ1) is 6.31. The fraction of sp³-hybridized carbons (Fsp3) is 0.111. The van der Waals surface area contributed by atoms with E-state index in [4.69, 9.17) is 5.26 Å². The summed E-state index contributed by atoms with van der Waals surface area (Å²) < 4.78 is 1.11. The molecule has 1 aromatic carbocycles. The highest BCUT2D eigenvalue weighted by Gasteiger charge is 2.03. The van der Waals surface area contributed by atoms with Crippen LogP contribution in [-0.4, -0.2) is 4.98 Å². The van der Waals surface area contributed by atoms with E-state index < -0.39 is 0 Å². The molecule has 4 heteroatoms. The number of hydrogen-bond acceptors (Lipinski definition) is 4. The predicted octanol–water partition coefficient (Wildman–Crippen LogP) is 2.50. The fourth-order valence-electron chi connectivity index (χ4n) is 1.19. The van der Waals surface area contributed by atoms with Crippen LogP contribution in [0, 0.1) is 18.4 Å². The minimum absolute atomic E-state index is 0.659. The predicted molar refractivity (Wildman–Crippen MR) is 53.6 cm³/mol. The standard InChI is InChI=1S/C9H7N3S/c1-6-3-2-4-7-8(6)12-9(13-7)11-5-10/h2-4H,1H3,(H,11,12). The SMILES string of the molecule is Cc1cccc2sc(NC#N)nc12. The van der Waals surface area contributed by atoms with E-state index in [1.165, 1.54) is 11.3 Å². The molecule has 0 aliphatic carbocycles. The van der Waals surface area contributed by atoms with Crippen LogP contribution in [0.2, 0.25) is 0 Å². The van der Waals surface area contributed by atoms with Crippen LogP contribution in [0.1, 0.15) is 5.56 Å². The Morgan fingerprint density at radius 1 is 1.54 bits per heavy atom. The first kappa shape index (κ1) is 8.02. The second-order valence-corrected chi connectivity index (χ2v) is 3.71. The second kappa shape index (κ2) is 3.04. The summed E-state index contributed by atoms with van der Waals surface area (Å²) in [6.07, 6.45) is 1.86. The molecule has 2 aromatic rings. The van der Waals surface area contributed by atoms with Crippen LogP contribution in [0.25, 0.3) is 10.2 Å². The van der Waals surface area contributed by atoms with Gasteiger partial charge in [0.15, 0.2) is 11.3 Å². The molecule has 0 aliphatic rings. The molecule has 0 unspecified atom stereocenters. The van der Waals surface area contributed by atoms with Gasteiger partial charge in [0, 0.05) is 0 Å². The van der Waals surface area contributed by atoms with Gasteiger partial charge in [-0.1, -0.05) is 23.5 Å². The summed E-state index contributed by atoms with van der Waals surface area (Å²) in [7, 11) is 0. The average molecular weight is 189 g/mol. The highest BCUT2D eigenvalue weighted by molar-refractivity contribution is 7.22. The van der Waals surface area contributed by atoms with Crippen LogP contribution in [0.3, 0.4) is 0 Å². The Morgan fingerprint density at radius 2 is 2.38 bits per heavy atom. The zero-order valence-corrected chi connectivity index (χ0v) is 7.85. The first-order valence-corrected chi connectivity index (χ1v) is 4.64. The normalized spacial score (nSPS) is 9.85. The molecule has 0 radical (unpaired) electrons. The molecule has 0 spiro atoms. The van der Waals surface area contributed by atoms with E-state index >= 15 is 0 Å². The van der Waals surface area contributed by atoms with Crippen LogP contribution < -0.4 is 5.32 Å². The van der Waals surface area contributed by atoms with Crippen molar-refractivity contribution in [2.45, 2.75) is 6.92 Å². The molecule has 0 saturated heterocycles. The van der Waals surface area contributed by atoms with Gasteiger partial charge in [-0.05, 0) is 18.6 Å². The Kier molecular flexibility index (Phi) is 1.87. The van der Waals surface area contributed by atoms with Gasteiger partial charge in [0.25, 0.3) is 0 Å². The number of nitrogens with zero attached hydrogens (tertiary/aromatic N) is 2. The van der Waals surface area contributed by atoms with Gasteiger partial charge in [-0.3, -0.25) is 5.32 Å². The van der Waals surface area contributed by atoms with Crippen LogP contribution >= 0.6 is 11.3 Å². The molecule has 0 atom stereocenters. The van der Waals surface area contributed by atoms with Crippen molar-refractivity contribution in [3.05, 3.63) is 23.8 Å². The molecule has 0 saturated carbocycles. The second-order valence-electron chi connectivity index (χ2n) is 2.68. The lowest BCUT2D eigenvalue weighted by atomic mass is 10.2. The number of aromatic nitrogens is 1. The third-order valence-corrected chi connectivity index (χ3v) is 2.72. The maximum absolute atomic E-state index is 8.42. The van der Waals surface area contributed by atoms with Gasteiger partial charge >= 0.3 is 0 Å². The van der Waals surface area contributed by atoms with Gasteiger partial charge in [0.2, 0.25) is 0 Å². The minimum atomic E-state index is 0.659. The quantitative estimate of drug-likeness (QED) is 0.554. The number of hydrogen-bond donors (Lipinski definition) is 1. The number of thiazole rings is 1. The van der Waals surface area contributed by atoms with E-state index in [9.17, 15) is 0 Å². The molecule has 2 rings (SSSR count). The van der Waals surface area contributed by atoms with E-state index in [2.05, 4.69) is 10.3 Å². The smallest absolute Gasteiger partial charge is 0.197 e. The molecule has 0 bridgehead atoms. The largest absolute Gasteiger partial charge is 0.268 e. The van der Waals surface area contributed by atoms with Gasteiger partial charge in [-0.15, -0.1) is 0 Å².